The second-order valence-corrected chi connectivity index (χ2v) is 7.05. The van der Waals surface area contributed by atoms with Crippen LogP contribution >= 0.6 is 0 Å². The average Bonchev–Trinajstić information content (AvgIpc) is 3.18. The smallest absolute Gasteiger partial charge is 0.272 e. The van der Waals surface area contributed by atoms with Crippen molar-refractivity contribution >= 4 is 5.91 Å². The summed E-state index contributed by atoms with van der Waals surface area (Å²) in [5.41, 5.74) is 4.80. The van der Waals surface area contributed by atoms with Gasteiger partial charge in [0.2, 0.25) is 0 Å². The molecule has 3 aromatic rings. The van der Waals surface area contributed by atoms with Crippen LogP contribution in [0.2, 0.25) is 0 Å². The predicted molar refractivity (Wildman–Crippen MR) is 109 cm³/mol. The van der Waals surface area contributed by atoms with Gasteiger partial charge in [0.05, 0.1) is 18.8 Å². The molecule has 5 heteroatoms. The zero-order valence-electron chi connectivity index (χ0n) is 16.3. The fourth-order valence-electron chi connectivity index (χ4n) is 3.98. The molecule has 0 radical (unpaired) electrons. The first kappa shape index (κ1) is 18.3. The van der Waals surface area contributed by atoms with Gasteiger partial charge in [-0.3, -0.25) is 9.48 Å². The van der Waals surface area contributed by atoms with E-state index in [1.54, 1.807) is 7.11 Å². The summed E-state index contributed by atoms with van der Waals surface area (Å²) >= 11 is 0. The number of hydrogen-bond donors (Lipinski definition) is 1. The Morgan fingerprint density at radius 2 is 2.00 bits per heavy atom. The lowest BCUT2D eigenvalue weighted by atomic mass is 9.87. The fourth-order valence-corrected chi connectivity index (χ4v) is 3.98. The third-order valence-corrected chi connectivity index (χ3v) is 5.37. The van der Waals surface area contributed by atoms with E-state index in [-0.39, 0.29) is 11.9 Å². The minimum absolute atomic E-state index is 0.0407. The third kappa shape index (κ3) is 3.40. The number of nitrogens with one attached hydrogen (secondary N) is 1. The highest BCUT2D eigenvalue weighted by Gasteiger charge is 2.24. The molecule has 0 spiro atoms. The summed E-state index contributed by atoms with van der Waals surface area (Å²) < 4.78 is 7.34. The third-order valence-electron chi connectivity index (χ3n) is 5.37. The number of rotatable bonds is 5. The minimum atomic E-state index is -0.134. The summed E-state index contributed by atoms with van der Waals surface area (Å²) in [5, 5.41) is 7.74. The first-order valence-electron chi connectivity index (χ1n) is 9.81. The van der Waals surface area contributed by atoms with Crippen LogP contribution in [0.4, 0.5) is 0 Å². The molecule has 0 fully saturated rings. The van der Waals surface area contributed by atoms with E-state index in [0.717, 1.165) is 36.3 Å². The molecular formula is C23H25N3O2. The number of aromatic nitrogens is 2. The molecule has 0 saturated carbocycles. The van der Waals surface area contributed by atoms with Gasteiger partial charge in [-0.25, -0.2) is 0 Å². The highest BCUT2D eigenvalue weighted by Crippen LogP contribution is 2.32. The van der Waals surface area contributed by atoms with Crippen molar-refractivity contribution in [3.05, 3.63) is 71.4 Å². The Bertz CT molecular complexity index is 993. The molecule has 0 saturated heterocycles. The molecular weight excluding hydrogens is 350 g/mol. The van der Waals surface area contributed by atoms with Crippen LogP contribution < -0.4 is 10.1 Å². The van der Waals surface area contributed by atoms with Gasteiger partial charge in [0.25, 0.3) is 5.91 Å². The Labute approximate surface area is 165 Å². The van der Waals surface area contributed by atoms with Crippen LogP contribution in [0.25, 0.3) is 11.3 Å². The minimum Gasteiger partial charge on any atom is -0.496 e. The van der Waals surface area contributed by atoms with E-state index in [1.807, 2.05) is 48.0 Å². The normalized spacial score (nSPS) is 15.7. The molecule has 2 aromatic carbocycles. The molecule has 28 heavy (non-hydrogen) atoms. The number of para-hydroxylation sites is 1. The van der Waals surface area contributed by atoms with Crippen LogP contribution in [0, 0.1) is 0 Å². The van der Waals surface area contributed by atoms with Crippen molar-refractivity contribution in [1.29, 1.82) is 0 Å². The van der Waals surface area contributed by atoms with Crippen LogP contribution in [-0.2, 0) is 13.0 Å². The molecule has 1 heterocycles. The van der Waals surface area contributed by atoms with Crippen LogP contribution in [0.15, 0.2) is 54.6 Å². The van der Waals surface area contributed by atoms with Crippen LogP contribution in [0.5, 0.6) is 5.75 Å². The summed E-state index contributed by atoms with van der Waals surface area (Å²) in [7, 11) is 1.65. The number of nitrogens with zero attached hydrogens (tertiary/aromatic N) is 2. The number of carbonyl (C=O) groups excluding carboxylic acids is 1. The van der Waals surface area contributed by atoms with E-state index < -0.39 is 0 Å². The van der Waals surface area contributed by atoms with Crippen molar-refractivity contribution in [2.75, 3.05) is 7.11 Å². The van der Waals surface area contributed by atoms with Gasteiger partial charge >= 0.3 is 0 Å². The van der Waals surface area contributed by atoms with Crippen molar-refractivity contribution < 1.29 is 9.53 Å². The highest BCUT2D eigenvalue weighted by molar-refractivity contribution is 5.94. The molecule has 0 aliphatic heterocycles. The molecule has 1 aromatic heterocycles. The number of ether oxygens (including phenoxy) is 1. The van der Waals surface area contributed by atoms with E-state index in [9.17, 15) is 4.79 Å². The zero-order chi connectivity index (χ0) is 19.5. The van der Waals surface area contributed by atoms with Crippen molar-refractivity contribution in [3.8, 4) is 17.0 Å². The highest BCUT2D eigenvalue weighted by atomic mass is 16.5. The van der Waals surface area contributed by atoms with Gasteiger partial charge in [-0.1, -0.05) is 36.4 Å². The Morgan fingerprint density at radius 1 is 1.21 bits per heavy atom. The molecule has 1 amide bonds. The molecule has 144 valence electrons. The van der Waals surface area contributed by atoms with E-state index in [1.165, 1.54) is 11.1 Å². The largest absolute Gasteiger partial charge is 0.496 e. The maximum absolute atomic E-state index is 13.0. The first-order chi connectivity index (χ1) is 13.7. The van der Waals surface area contributed by atoms with E-state index >= 15 is 0 Å². The fraction of sp³-hybridized carbons (Fsp3) is 0.304. The second-order valence-electron chi connectivity index (χ2n) is 7.05. The van der Waals surface area contributed by atoms with E-state index in [2.05, 4.69) is 28.6 Å². The second kappa shape index (κ2) is 7.89. The van der Waals surface area contributed by atoms with Crippen molar-refractivity contribution in [3.63, 3.8) is 0 Å². The number of benzene rings is 2. The molecule has 0 bridgehead atoms. The Kier molecular flexibility index (Phi) is 5.15. The summed E-state index contributed by atoms with van der Waals surface area (Å²) in [6.45, 7) is 2.69. The van der Waals surface area contributed by atoms with Gasteiger partial charge < -0.3 is 10.1 Å². The van der Waals surface area contributed by atoms with Gasteiger partial charge in [0.15, 0.2) is 5.69 Å². The Hall–Kier alpha value is -3.08. The molecule has 4 rings (SSSR count). The molecule has 1 aliphatic carbocycles. The van der Waals surface area contributed by atoms with Crippen LogP contribution in [-0.4, -0.2) is 22.8 Å². The van der Waals surface area contributed by atoms with Crippen LogP contribution in [0.1, 0.15) is 47.4 Å². The SMILES string of the molecule is CCn1nc(C(=O)NC2CCCc3ccccc32)cc1-c1ccccc1OC. The number of amides is 1. The lowest BCUT2D eigenvalue weighted by Gasteiger charge is -2.26. The quantitative estimate of drug-likeness (QED) is 0.720. The first-order valence-corrected chi connectivity index (χ1v) is 9.81. The van der Waals surface area contributed by atoms with E-state index in [0.29, 0.717) is 12.2 Å². The van der Waals surface area contributed by atoms with Crippen LogP contribution in [0.3, 0.4) is 0 Å². The Balaban J connectivity index is 1.62. The molecule has 1 aliphatic rings. The lowest BCUT2D eigenvalue weighted by molar-refractivity contribution is 0.0927. The average molecular weight is 375 g/mol. The van der Waals surface area contributed by atoms with Crippen molar-refractivity contribution in [2.24, 2.45) is 0 Å². The number of methoxy groups -OCH3 is 1. The topological polar surface area (TPSA) is 56.2 Å². The molecule has 1 unspecified atom stereocenters. The maximum atomic E-state index is 13.0. The van der Waals surface area contributed by atoms with Gasteiger partial charge in [-0.2, -0.15) is 5.10 Å². The van der Waals surface area contributed by atoms with Crippen molar-refractivity contribution in [2.45, 2.75) is 38.8 Å². The summed E-state index contributed by atoms with van der Waals surface area (Å²) in [5.74, 6) is 0.635. The van der Waals surface area contributed by atoms with Gasteiger partial charge in [0.1, 0.15) is 5.75 Å². The number of fused-ring (bicyclic) bond motifs is 1. The van der Waals surface area contributed by atoms with Gasteiger partial charge in [0, 0.05) is 12.1 Å². The maximum Gasteiger partial charge on any atom is 0.272 e. The molecule has 1 N–H and O–H groups in total. The summed E-state index contributed by atoms with van der Waals surface area (Å²) in [4.78, 5) is 13.0. The predicted octanol–water partition coefficient (Wildman–Crippen LogP) is 4.39. The van der Waals surface area contributed by atoms with E-state index in [4.69, 9.17) is 4.74 Å². The number of aryl methyl sites for hydroxylation is 2. The number of hydrogen-bond acceptors (Lipinski definition) is 3. The molecule has 1 atom stereocenters. The summed E-state index contributed by atoms with van der Waals surface area (Å²) in [6.07, 6.45) is 3.11. The zero-order valence-corrected chi connectivity index (χ0v) is 16.3. The van der Waals surface area contributed by atoms with Crippen molar-refractivity contribution in [1.82, 2.24) is 15.1 Å². The standard InChI is InChI=1S/C23H25N3O2/c1-3-26-21(18-12-6-7-14-22(18)28-2)15-20(25-26)23(27)24-19-13-8-10-16-9-4-5-11-17(16)19/h4-7,9,11-12,14-15,19H,3,8,10,13H2,1-2H3,(H,24,27). The van der Waals surface area contributed by atoms with Gasteiger partial charge in [-0.05, 0) is 55.5 Å². The van der Waals surface area contributed by atoms with Gasteiger partial charge in [-0.15, -0.1) is 0 Å². The number of carbonyl (C=O) groups is 1. The lowest BCUT2D eigenvalue weighted by Crippen LogP contribution is -2.31. The monoisotopic (exact) mass is 375 g/mol. The Morgan fingerprint density at radius 3 is 2.82 bits per heavy atom. The molecule has 5 nitrogen and oxygen atoms in total. The summed E-state index contributed by atoms with van der Waals surface area (Å²) in [6, 6.07) is 18.1.